The van der Waals surface area contributed by atoms with Crippen LogP contribution in [0.2, 0.25) is 0 Å². The van der Waals surface area contributed by atoms with E-state index in [0.717, 1.165) is 5.92 Å². The highest BCUT2D eigenvalue weighted by Gasteiger charge is 2.44. The van der Waals surface area contributed by atoms with Crippen LogP contribution < -0.4 is 0 Å². The van der Waals surface area contributed by atoms with Gasteiger partial charge in [-0.05, 0) is 29.6 Å². The topological polar surface area (TPSA) is 0 Å². The average Bonchev–Trinajstić information content (AvgIpc) is 1.73. The summed E-state index contributed by atoms with van der Waals surface area (Å²) in [5.74, 6) is 0.935. The Morgan fingerprint density at radius 1 is 0.900 bits per heavy atom. The zero-order valence-corrected chi connectivity index (χ0v) is 7.99. The average molecular weight is 140 g/mol. The summed E-state index contributed by atoms with van der Waals surface area (Å²) < 4.78 is 0. The predicted molar refractivity (Wildman–Crippen MR) is 46.0 cm³/mol. The summed E-state index contributed by atoms with van der Waals surface area (Å²) in [7, 11) is 0. The molecule has 1 rings (SSSR count). The maximum Gasteiger partial charge on any atom is -0.0300 e. The van der Waals surface area contributed by atoms with Gasteiger partial charge in [0.05, 0.1) is 0 Å². The number of hydrogen-bond acceptors (Lipinski definition) is 0. The van der Waals surface area contributed by atoms with Gasteiger partial charge in [-0.25, -0.2) is 0 Å². The second-order valence-electron chi connectivity index (χ2n) is 5.28. The largest absolute Gasteiger partial charge is 0.0625 e. The van der Waals surface area contributed by atoms with Gasteiger partial charge < -0.3 is 0 Å². The standard InChI is InChI=1S/C10H20/c1-8-6-9(2,3)10(4,5)7-8/h8H,6-7H2,1-5H3. The van der Waals surface area contributed by atoms with Crippen molar-refractivity contribution < 1.29 is 0 Å². The third-order valence-corrected chi connectivity index (χ3v) is 3.55. The van der Waals surface area contributed by atoms with Crippen molar-refractivity contribution in [2.24, 2.45) is 16.7 Å². The molecule has 1 aliphatic rings. The van der Waals surface area contributed by atoms with Crippen molar-refractivity contribution in [3.8, 4) is 0 Å². The second kappa shape index (κ2) is 1.99. The van der Waals surface area contributed by atoms with Crippen LogP contribution in [0, 0.1) is 16.7 Å². The first kappa shape index (κ1) is 8.10. The Morgan fingerprint density at radius 2 is 1.20 bits per heavy atom. The van der Waals surface area contributed by atoms with Crippen LogP contribution in [-0.2, 0) is 0 Å². The van der Waals surface area contributed by atoms with Gasteiger partial charge in [0.15, 0.2) is 0 Å². The highest BCUT2D eigenvalue weighted by atomic mass is 14.5. The maximum absolute atomic E-state index is 2.40. The molecule has 0 bridgehead atoms. The molecule has 0 heterocycles. The van der Waals surface area contributed by atoms with Gasteiger partial charge in [0, 0.05) is 0 Å². The zero-order chi connectivity index (χ0) is 7.99. The van der Waals surface area contributed by atoms with Crippen molar-refractivity contribution in [1.82, 2.24) is 0 Å². The van der Waals surface area contributed by atoms with Crippen molar-refractivity contribution >= 4 is 0 Å². The Morgan fingerprint density at radius 3 is 1.30 bits per heavy atom. The summed E-state index contributed by atoms with van der Waals surface area (Å²) in [5.41, 5.74) is 1.12. The quantitative estimate of drug-likeness (QED) is 0.483. The molecule has 10 heavy (non-hydrogen) atoms. The smallest absolute Gasteiger partial charge is 0.0300 e. The Balaban J connectivity index is 2.78. The minimum atomic E-state index is 0.562. The van der Waals surface area contributed by atoms with E-state index in [4.69, 9.17) is 0 Å². The van der Waals surface area contributed by atoms with E-state index in [2.05, 4.69) is 34.6 Å². The van der Waals surface area contributed by atoms with E-state index in [0.29, 0.717) is 10.8 Å². The van der Waals surface area contributed by atoms with Gasteiger partial charge >= 0.3 is 0 Å². The third kappa shape index (κ3) is 1.09. The third-order valence-electron chi connectivity index (χ3n) is 3.55. The van der Waals surface area contributed by atoms with E-state index in [1.54, 1.807) is 0 Å². The SMILES string of the molecule is CC1CC(C)(C)C(C)(C)C1. The Labute approximate surface area is 65.0 Å². The molecule has 1 saturated carbocycles. The van der Waals surface area contributed by atoms with E-state index in [1.165, 1.54) is 12.8 Å². The first-order valence-corrected chi connectivity index (χ1v) is 4.35. The van der Waals surface area contributed by atoms with Crippen LogP contribution >= 0.6 is 0 Å². The number of rotatable bonds is 0. The van der Waals surface area contributed by atoms with Crippen LogP contribution in [0.5, 0.6) is 0 Å². The fourth-order valence-corrected chi connectivity index (χ4v) is 2.37. The molecule has 0 N–H and O–H groups in total. The summed E-state index contributed by atoms with van der Waals surface area (Å²) in [6, 6.07) is 0. The minimum Gasteiger partial charge on any atom is -0.0625 e. The summed E-state index contributed by atoms with van der Waals surface area (Å²) in [4.78, 5) is 0. The fraction of sp³-hybridized carbons (Fsp3) is 1.00. The van der Waals surface area contributed by atoms with Crippen LogP contribution in [0.1, 0.15) is 47.5 Å². The van der Waals surface area contributed by atoms with E-state index in [-0.39, 0.29) is 0 Å². The molecule has 1 fully saturated rings. The van der Waals surface area contributed by atoms with Crippen molar-refractivity contribution in [2.75, 3.05) is 0 Å². The molecular weight excluding hydrogens is 120 g/mol. The number of hydrogen-bond donors (Lipinski definition) is 0. The molecule has 0 saturated heterocycles. The van der Waals surface area contributed by atoms with E-state index >= 15 is 0 Å². The fourth-order valence-electron chi connectivity index (χ4n) is 2.37. The summed E-state index contributed by atoms with van der Waals surface area (Å²) in [6.45, 7) is 12.0. The van der Waals surface area contributed by atoms with Crippen LogP contribution in [-0.4, -0.2) is 0 Å². The molecule has 0 spiro atoms. The lowest BCUT2D eigenvalue weighted by Gasteiger charge is -2.34. The van der Waals surface area contributed by atoms with Crippen molar-refractivity contribution in [3.05, 3.63) is 0 Å². The molecule has 1 aliphatic carbocycles. The first-order chi connectivity index (χ1) is 4.35. The molecule has 0 unspecified atom stereocenters. The lowest BCUT2D eigenvalue weighted by molar-refractivity contribution is 0.157. The molecule has 0 amide bonds. The van der Waals surface area contributed by atoms with Gasteiger partial charge in [-0.3, -0.25) is 0 Å². The molecule has 0 aliphatic heterocycles. The van der Waals surface area contributed by atoms with Crippen molar-refractivity contribution in [1.29, 1.82) is 0 Å². The van der Waals surface area contributed by atoms with Crippen LogP contribution in [0.4, 0.5) is 0 Å². The molecule has 0 aromatic carbocycles. The molecule has 0 heteroatoms. The van der Waals surface area contributed by atoms with Gasteiger partial charge in [-0.2, -0.15) is 0 Å². The summed E-state index contributed by atoms with van der Waals surface area (Å²) in [5, 5.41) is 0. The normalized spacial score (nSPS) is 30.9. The molecule has 0 radical (unpaired) electrons. The minimum absolute atomic E-state index is 0.562. The lowest BCUT2D eigenvalue weighted by atomic mass is 9.71. The van der Waals surface area contributed by atoms with Gasteiger partial charge in [0.1, 0.15) is 0 Å². The molecule has 0 nitrogen and oxygen atoms in total. The Bertz CT molecular complexity index is 115. The van der Waals surface area contributed by atoms with Gasteiger partial charge in [0.2, 0.25) is 0 Å². The first-order valence-electron chi connectivity index (χ1n) is 4.35. The van der Waals surface area contributed by atoms with E-state index in [9.17, 15) is 0 Å². The Kier molecular flexibility index (Phi) is 1.61. The zero-order valence-electron chi connectivity index (χ0n) is 7.99. The van der Waals surface area contributed by atoms with E-state index in [1.807, 2.05) is 0 Å². The summed E-state index contributed by atoms with van der Waals surface area (Å²) in [6.07, 6.45) is 2.81. The van der Waals surface area contributed by atoms with Crippen molar-refractivity contribution in [2.45, 2.75) is 47.5 Å². The lowest BCUT2D eigenvalue weighted by Crippen LogP contribution is -2.25. The van der Waals surface area contributed by atoms with E-state index < -0.39 is 0 Å². The van der Waals surface area contributed by atoms with Crippen LogP contribution in [0.3, 0.4) is 0 Å². The van der Waals surface area contributed by atoms with Crippen LogP contribution in [0.25, 0.3) is 0 Å². The van der Waals surface area contributed by atoms with Gasteiger partial charge in [-0.1, -0.05) is 34.6 Å². The predicted octanol–water partition coefficient (Wildman–Crippen LogP) is 3.47. The van der Waals surface area contributed by atoms with Gasteiger partial charge in [0.25, 0.3) is 0 Å². The molecule has 0 atom stereocenters. The molecule has 60 valence electrons. The van der Waals surface area contributed by atoms with Gasteiger partial charge in [-0.15, -0.1) is 0 Å². The molecular formula is C10H20. The Hall–Kier alpha value is 0. The molecule has 0 aromatic heterocycles. The highest BCUT2D eigenvalue weighted by molar-refractivity contribution is 4.94. The highest BCUT2D eigenvalue weighted by Crippen LogP contribution is 2.54. The maximum atomic E-state index is 2.40. The molecule has 0 aromatic rings. The van der Waals surface area contributed by atoms with Crippen LogP contribution in [0.15, 0.2) is 0 Å². The monoisotopic (exact) mass is 140 g/mol. The second-order valence-corrected chi connectivity index (χ2v) is 5.28. The summed E-state index contributed by atoms with van der Waals surface area (Å²) >= 11 is 0. The van der Waals surface area contributed by atoms with Crippen molar-refractivity contribution in [3.63, 3.8) is 0 Å².